The lowest BCUT2D eigenvalue weighted by Crippen LogP contribution is -2.37. The van der Waals surface area contributed by atoms with Gasteiger partial charge in [0, 0.05) is 17.6 Å². The predicted molar refractivity (Wildman–Crippen MR) is 129 cm³/mol. The maximum Gasteiger partial charge on any atom is 0.322 e. The van der Waals surface area contributed by atoms with Crippen molar-refractivity contribution in [2.45, 2.75) is 32.4 Å². The summed E-state index contributed by atoms with van der Waals surface area (Å²) in [6.07, 6.45) is 2.05. The highest BCUT2D eigenvalue weighted by Crippen LogP contribution is 2.37. The molecule has 0 bridgehead atoms. The first-order chi connectivity index (χ1) is 16.0. The Bertz CT molecular complexity index is 1280. The van der Waals surface area contributed by atoms with E-state index in [2.05, 4.69) is 66.2 Å². The maximum absolute atomic E-state index is 13.6. The number of anilines is 1. The highest BCUT2D eigenvalue weighted by molar-refractivity contribution is 5.90. The van der Waals surface area contributed by atoms with Gasteiger partial charge in [-0.2, -0.15) is 0 Å². The van der Waals surface area contributed by atoms with E-state index in [0.717, 1.165) is 22.5 Å². The highest BCUT2D eigenvalue weighted by Gasteiger charge is 2.33. The standard InChI is InChI=1S/C28H26FN3O/c1-19(2)20-9-11-21(12-10-20)27-26-8-5-17-31(26)25-7-4-3-6-22(25)18-32(27)28(33)30-24-15-13-23(29)14-16-24/h3-17,19,27H,18H2,1-2H3,(H,30,33)/t27-/m0/s1. The molecule has 4 aromatic rings. The van der Waals surface area contributed by atoms with E-state index in [0.29, 0.717) is 18.2 Å². The lowest BCUT2D eigenvalue weighted by molar-refractivity contribution is 0.194. The fourth-order valence-corrected chi connectivity index (χ4v) is 4.48. The number of amides is 2. The monoisotopic (exact) mass is 439 g/mol. The van der Waals surface area contributed by atoms with Gasteiger partial charge in [0.15, 0.2) is 0 Å². The van der Waals surface area contributed by atoms with Crippen molar-refractivity contribution in [3.05, 3.63) is 119 Å². The van der Waals surface area contributed by atoms with E-state index in [9.17, 15) is 9.18 Å². The van der Waals surface area contributed by atoms with Gasteiger partial charge in [-0.25, -0.2) is 9.18 Å². The van der Waals surface area contributed by atoms with Crippen molar-refractivity contribution in [1.82, 2.24) is 9.47 Å². The van der Waals surface area contributed by atoms with Crippen molar-refractivity contribution in [2.24, 2.45) is 0 Å². The molecule has 2 heterocycles. The molecular weight excluding hydrogens is 413 g/mol. The summed E-state index contributed by atoms with van der Waals surface area (Å²) in [6, 6.07) is 26.1. The van der Waals surface area contributed by atoms with Gasteiger partial charge in [0.25, 0.3) is 0 Å². The zero-order valence-electron chi connectivity index (χ0n) is 18.7. The second kappa shape index (κ2) is 8.58. The second-order valence-corrected chi connectivity index (χ2v) is 8.72. The molecule has 5 heteroatoms. The Morgan fingerprint density at radius 3 is 2.39 bits per heavy atom. The zero-order chi connectivity index (χ0) is 22.9. The summed E-state index contributed by atoms with van der Waals surface area (Å²) in [5.41, 5.74) is 6.01. The van der Waals surface area contributed by atoms with Crippen molar-refractivity contribution in [2.75, 3.05) is 5.32 Å². The average Bonchev–Trinajstić information content (AvgIpc) is 3.25. The summed E-state index contributed by atoms with van der Waals surface area (Å²) in [5, 5.41) is 2.96. The van der Waals surface area contributed by atoms with Gasteiger partial charge in [-0.1, -0.05) is 56.3 Å². The molecule has 0 fully saturated rings. The van der Waals surface area contributed by atoms with E-state index in [1.165, 1.54) is 17.7 Å². The van der Waals surface area contributed by atoms with Gasteiger partial charge in [-0.3, -0.25) is 0 Å². The van der Waals surface area contributed by atoms with Crippen LogP contribution in [0.5, 0.6) is 0 Å². The normalized spacial score (nSPS) is 15.0. The summed E-state index contributed by atoms with van der Waals surface area (Å²) >= 11 is 0. The molecule has 0 saturated heterocycles. The Hall–Kier alpha value is -3.86. The molecule has 0 aliphatic carbocycles. The number of urea groups is 1. The first kappa shape index (κ1) is 21.0. The van der Waals surface area contributed by atoms with Gasteiger partial charge in [-0.15, -0.1) is 0 Å². The average molecular weight is 440 g/mol. The van der Waals surface area contributed by atoms with Gasteiger partial charge < -0.3 is 14.8 Å². The van der Waals surface area contributed by atoms with Crippen LogP contribution < -0.4 is 5.32 Å². The van der Waals surface area contributed by atoms with E-state index in [-0.39, 0.29) is 17.9 Å². The fraction of sp³-hybridized carbons (Fsp3) is 0.179. The van der Waals surface area contributed by atoms with Crippen LogP contribution in [-0.4, -0.2) is 15.5 Å². The second-order valence-electron chi connectivity index (χ2n) is 8.72. The highest BCUT2D eigenvalue weighted by atomic mass is 19.1. The van der Waals surface area contributed by atoms with E-state index in [4.69, 9.17) is 0 Å². The molecule has 1 N–H and O–H groups in total. The lowest BCUT2D eigenvalue weighted by Gasteiger charge is -2.31. The number of aromatic nitrogens is 1. The molecule has 0 radical (unpaired) electrons. The predicted octanol–water partition coefficient (Wildman–Crippen LogP) is 6.88. The van der Waals surface area contributed by atoms with E-state index < -0.39 is 0 Å². The summed E-state index contributed by atoms with van der Waals surface area (Å²) in [4.78, 5) is 15.5. The van der Waals surface area contributed by atoms with Crippen LogP contribution in [-0.2, 0) is 6.54 Å². The molecule has 1 aliphatic heterocycles. The maximum atomic E-state index is 13.6. The molecule has 1 aliphatic rings. The third-order valence-corrected chi connectivity index (χ3v) is 6.24. The minimum absolute atomic E-state index is 0.232. The van der Waals surface area contributed by atoms with Crippen molar-refractivity contribution >= 4 is 11.7 Å². The summed E-state index contributed by atoms with van der Waals surface area (Å²) in [6.45, 7) is 4.79. The number of benzene rings is 3. The van der Waals surface area contributed by atoms with Crippen LogP contribution >= 0.6 is 0 Å². The number of fused-ring (bicyclic) bond motifs is 3. The number of halogens is 1. The van der Waals surface area contributed by atoms with Gasteiger partial charge in [0.05, 0.1) is 18.3 Å². The smallest absolute Gasteiger partial charge is 0.318 e. The van der Waals surface area contributed by atoms with Crippen LogP contribution in [0, 0.1) is 5.82 Å². The van der Waals surface area contributed by atoms with Gasteiger partial charge in [-0.05, 0) is 65.1 Å². The SMILES string of the molecule is CC(C)c1ccc([C@H]2c3cccn3-c3ccccc3CN2C(=O)Nc2ccc(F)cc2)cc1. The third kappa shape index (κ3) is 4.02. The van der Waals surface area contributed by atoms with Crippen LogP contribution in [0.4, 0.5) is 14.9 Å². The Morgan fingerprint density at radius 1 is 0.939 bits per heavy atom. The number of nitrogens with one attached hydrogen (secondary N) is 1. The van der Waals surface area contributed by atoms with Gasteiger partial charge in [0.2, 0.25) is 0 Å². The molecule has 1 atom stereocenters. The molecule has 0 unspecified atom stereocenters. The molecule has 4 nitrogen and oxygen atoms in total. The Balaban J connectivity index is 1.61. The van der Waals surface area contributed by atoms with E-state index in [1.807, 2.05) is 29.3 Å². The van der Waals surface area contributed by atoms with Crippen LogP contribution in [0.25, 0.3) is 5.69 Å². The number of carbonyl (C=O) groups excluding carboxylic acids is 1. The summed E-state index contributed by atoms with van der Waals surface area (Å²) < 4.78 is 15.5. The first-order valence-corrected chi connectivity index (χ1v) is 11.2. The lowest BCUT2D eigenvalue weighted by atomic mass is 9.97. The molecule has 0 spiro atoms. The molecule has 2 amide bonds. The largest absolute Gasteiger partial charge is 0.322 e. The van der Waals surface area contributed by atoms with Crippen molar-refractivity contribution in [3.63, 3.8) is 0 Å². The number of hydrogen-bond acceptors (Lipinski definition) is 1. The molecule has 0 saturated carbocycles. The molecule has 166 valence electrons. The zero-order valence-corrected chi connectivity index (χ0v) is 18.7. The quantitative estimate of drug-likeness (QED) is 0.371. The van der Waals surface area contributed by atoms with Gasteiger partial charge in [0.1, 0.15) is 5.82 Å². The Morgan fingerprint density at radius 2 is 1.67 bits per heavy atom. The number of nitrogens with zero attached hydrogens (tertiary/aromatic N) is 2. The number of para-hydroxylation sites is 1. The molecule has 5 rings (SSSR count). The van der Waals surface area contributed by atoms with Crippen molar-refractivity contribution in [1.29, 1.82) is 0 Å². The fourth-order valence-electron chi connectivity index (χ4n) is 4.48. The summed E-state index contributed by atoms with van der Waals surface area (Å²) in [7, 11) is 0. The Kier molecular flexibility index (Phi) is 5.47. The molecular formula is C28H26FN3O. The van der Waals surface area contributed by atoms with E-state index >= 15 is 0 Å². The van der Waals surface area contributed by atoms with E-state index in [1.54, 1.807) is 12.1 Å². The third-order valence-electron chi connectivity index (χ3n) is 6.24. The van der Waals surface area contributed by atoms with Crippen LogP contribution in [0.2, 0.25) is 0 Å². The number of carbonyl (C=O) groups is 1. The molecule has 1 aromatic heterocycles. The Labute approximate surface area is 193 Å². The number of rotatable bonds is 3. The number of hydrogen-bond donors (Lipinski definition) is 1. The molecule has 3 aromatic carbocycles. The van der Waals surface area contributed by atoms with Crippen LogP contribution in [0.3, 0.4) is 0 Å². The van der Waals surface area contributed by atoms with Crippen molar-refractivity contribution in [3.8, 4) is 5.69 Å². The van der Waals surface area contributed by atoms with Crippen LogP contribution in [0.15, 0.2) is 91.1 Å². The van der Waals surface area contributed by atoms with Gasteiger partial charge >= 0.3 is 6.03 Å². The van der Waals surface area contributed by atoms with Crippen molar-refractivity contribution < 1.29 is 9.18 Å². The van der Waals surface area contributed by atoms with Crippen LogP contribution in [0.1, 0.15) is 48.2 Å². The molecule has 33 heavy (non-hydrogen) atoms. The summed E-state index contributed by atoms with van der Waals surface area (Å²) in [5.74, 6) is 0.0943. The minimum atomic E-state index is -0.336. The minimum Gasteiger partial charge on any atom is -0.318 e. The topological polar surface area (TPSA) is 37.3 Å². The first-order valence-electron chi connectivity index (χ1n) is 11.2.